The van der Waals surface area contributed by atoms with Gasteiger partial charge < -0.3 is 14.2 Å². The normalized spacial score (nSPS) is 18.5. The van der Waals surface area contributed by atoms with E-state index in [1.807, 2.05) is 26.8 Å². The number of hydrogen-bond donors (Lipinski definition) is 0. The molecule has 4 aromatic rings. The first-order valence-corrected chi connectivity index (χ1v) is 14.8. The van der Waals surface area contributed by atoms with Crippen molar-refractivity contribution < 1.29 is 22.4 Å². The molecule has 1 saturated carbocycles. The Balaban J connectivity index is 1.14. The summed E-state index contributed by atoms with van der Waals surface area (Å²) in [5, 5.41) is 5.24. The minimum absolute atomic E-state index is 0.0478. The van der Waals surface area contributed by atoms with Gasteiger partial charge in [-0.05, 0) is 88.1 Å². The lowest BCUT2D eigenvalue weighted by atomic mass is 9.63. The second kappa shape index (κ2) is 9.89. The predicted octanol–water partition coefficient (Wildman–Crippen LogP) is 8.96. The fourth-order valence-corrected chi connectivity index (χ4v) is 6.63. The van der Waals surface area contributed by atoms with Crippen molar-refractivity contribution in [3.05, 3.63) is 77.2 Å². The number of alkyl halides is 3. The van der Waals surface area contributed by atoms with Gasteiger partial charge in [0.1, 0.15) is 17.2 Å². The van der Waals surface area contributed by atoms with E-state index < -0.39 is 11.7 Å². The van der Waals surface area contributed by atoms with Gasteiger partial charge in [-0.2, -0.15) is 13.2 Å². The number of piperidine rings is 1. The Morgan fingerprint density at radius 3 is 2.48 bits per heavy atom. The van der Waals surface area contributed by atoms with Crippen LogP contribution < -0.4 is 9.64 Å². The van der Waals surface area contributed by atoms with Crippen molar-refractivity contribution in [2.24, 2.45) is 5.41 Å². The Morgan fingerprint density at radius 1 is 1.05 bits per heavy atom. The molecular weight excluding hydrogens is 539 g/mol. The topological polar surface area (TPSA) is 51.4 Å². The molecule has 42 heavy (non-hydrogen) atoms. The fraction of sp³-hybridized carbons (Fsp3) is 0.412. The number of anilines is 1. The summed E-state index contributed by atoms with van der Waals surface area (Å²) in [6, 6.07) is 14.1. The van der Waals surface area contributed by atoms with Gasteiger partial charge in [0, 0.05) is 53.0 Å². The molecule has 0 unspecified atom stereocenters. The van der Waals surface area contributed by atoms with Crippen molar-refractivity contribution in [1.82, 2.24) is 10.1 Å². The van der Waals surface area contributed by atoms with E-state index in [4.69, 9.17) is 14.2 Å². The van der Waals surface area contributed by atoms with Crippen LogP contribution in [-0.4, -0.2) is 29.3 Å². The smallest absolute Gasteiger partial charge is 0.417 e. The Labute approximate surface area is 243 Å². The molecule has 3 aliphatic rings. The van der Waals surface area contributed by atoms with Crippen molar-refractivity contribution in [2.75, 3.05) is 18.0 Å². The third-order valence-electron chi connectivity index (χ3n) is 8.87. The van der Waals surface area contributed by atoms with E-state index in [9.17, 15) is 13.2 Å². The molecule has 1 aliphatic heterocycles. The zero-order valence-corrected chi connectivity index (χ0v) is 24.1. The largest absolute Gasteiger partial charge is 0.490 e. The van der Waals surface area contributed by atoms with Crippen molar-refractivity contribution >= 4 is 22.2 Å². The van der Waals surface area contributed by atoms with Crippen LogP contribution in [0.2, 0.25) is 0 Å². The van der Waals surface area contributed by atoms with Crippen LogP contribution in [0.5, 0.6) is 5.75 Å². The van der Waals surface area contributed by atoms with Crippen LogP contribution in [0.1, 0.15) is 74.5 Å². The van der Waals surface area contributed by atoms with Crippen LogP contribution in [0.15, 0.2) is 59.1 Å². The molecule has 0 bridgehead atoms. The van der Waals surface area contributed by atoms with Gasteiger partial charge in [0.25, 0.3) is 0 Å². The van der Waals surface area contributed by atoms with E-state index >= 15 is 0 Å². The van der Waals surface area contributed by atoms with E-state index in [2.05, 4.69) is 34.3 Å². The maximum atomic E-state index is 13.9. The molecule has 1 spiro atoms. The van der Waals surface area contributed by atoms with Crippen LogP contribution in [0.3, 0.4) is 0 Å². The van der Waals surface area contributed by atoms with Gasteiger partial charge in [0.05, 0.1) is 17.2 Å². The summed E-state index contributed by atoms with van der Waals surface area (Å²) in [6.45, 7) is 7.84. The first kappa shape index (κ1) is 27.0. The van der Waals surface area contributed by atoms with Crippen molar-refractivity contribution in [2.45, 2.75) is 71.1 Å². The van der Waals surface area contributed by atoms with Gasteiger partial charge in [0.15, 0.2) is 0 Å². The second-order valence-electron chi connectivity index (χ2n) is 12.4. The monoisotopic (exact) mass is 573 g/mol. The van der Waals surface area contributed by atoms with E-state index in [-0.39, 0.29) is 23.0 Å². The maximum Gasteiger partial charge on any atom is 0.417 e. The van der Waals surface area contributed by atoms with Crippen LogP contribution >= 0.6 is 0 Å². The molecule has 0 atom stereocenters. The lowest BCUT2D eigenvalue weighted by Gasteiger charge is -2.47. The number of halogens is 3. The summed E-state index contributed by atoms with van der Waals surface area (Å²) in [6.07, 6.45) is 2.67. The number of benzene rings is 2. The summed E-state index contributed by atoms with van der Waals surface area (Å²) in [7, 11) is 0. The number of fused-ring (bicyclic) bond motifs is 1. The molecule has 2 aromatic carbocycles. The summed E-state index contributed by atoms with van der Waals surface area (Å²) >= 11 is 0. The lowest BCUT2D eigenvalue weighted by molar-refractivity contribution is -0.137. The van der Waals surface area contributed by atoms with Gasteiger partial charge in [-0.25, -0.2) is 0 Å². The van der Waals surface area contributed by atoms with Crippen molar-refractivity contribution in [3.63, 3.8) is 0 Å². The molecule has 2 fully saturated rings. The number of hydrogen-bond acceptors (Lipinski definition) is 5. The Kier molecular flexibility index (Phi) is 6.37. The molecule has 3 heterocycles. The average molecular weight is 574 g/mol. The number of allylic oxidation sites excluding steroid dienone is 2. The van der Waals surface area contributed by atoms with E-state index in [1.54, 1.807) is 6.07 Å². The molecule has 5 nitrogen and oxygen atoms in total. The first-order chi connectivity index (χ1) is 20.1. The highest BCUT2D eigenvalue weighted by Crippen LogP contribution is 2.56. The summed E-state index contributed by atoms with van der Waals surface area (Å²) in [5.74, 6) is 1.85. The molecule has 0 amide bonds. The average Bonchev–Trinajstić information content (AvgIpc) is 3.69. The van der Waals surface area contributed by atoms with Crippen LogP contribution in [-0.2, 0) is 6.18 Å². The van der Waals surface area contributed by atoms with Crippen LogP contribution in [0.25, 0.3) is 27.7 Å². The van der Waals surface area contributed by atoms with Crippen LogP contribution in [0, 0.1) is 12.3 Å². The quantitative estimate of drug-likeness (QED) is 0.230. The molecule has 2 aliphatic carbocycles. The number of nitrogens with zero attached hydrogens (tertiary/aromatic N) is 3. The third kappa shape index (κ3) is 4.84. The van der Waals surface area contributed by atoms with Crippen molar-refractivity contribution in [3.8, 4) is 17.0 Å². The summed E-state index contributed by atoms with van der Waals surface area (Å²) in [4.78, 5) is 7.11. The molecular formula is C34H34F3N3O2. The van der Waals surface area contributed by atoms with Gasteiger partial charge in [-0.15, -0.1) is 0 Å². The molecule has 8 heteroatoms. The lowest BCUT2D eigenvalue weighted by Crippen LogP contribution is -2.42. The molecule has 0 N–H and O–H groups in total. The first-order valence-electron chi connectivity index (χ1n) is 14.8. The Morgan fingerprint density at radius 2 is 1.79 bits per heavy atom. The van der Waals surface area contributed by atoms with E-state index in [0.717, 1.165) is 96.2 Å². The number of aromatic nitrogens is 2. The summed E-state index contributed by atoms with van der Waals surface area (Å²) in [5.41, 5.74) is 4.66. The number of rotatable bonds is 6. The molecule has 2 aromatic heterocycles. The molecule has 0 radical (unpaired) electrons. The molecule has 218 valence electrons. The van der Waals surface area contributed by atoms with Gasteiger partial charge in [0.2, 0.25) is 0 Å². The van der Waals surface area contributed by atoms with Gasteiger partial charge in [-0.3, -0.25) is 4.98 Å². The third-order valence-corrected chi connectivity index (χ3v) is 8.87. The Hall–Kier alpha value is -3.81. The van der Waals surface area contributed by atoms with E-state index in [0.29, 0.717) is 5.69 Å². The predicted molar refractivity (Wildman–Crippen MR) is 158 cm³/mol. The van der Waals surface area contributed by atoms with Gasteiger partial charge in [-0.1, -0.05) is 29.4 Å². The minimum Gasteiger partial charge on any atom is -0.490 e. The Bertz CT molecular complexity index is 1690. The minimum atomic E-state index is -4.46. The van der Waals surface area contributed by atoms with Crippen molar-refractivity contribution in [1.29, 1.82) is 0 Å². The SMILES string of the molecule is Cc1cc(OC(C)C)c2cc(N3CCC4(C=C(c5c(-c6ccccc6C(F)(F)F)noc5C5CC5)C4)CC3)ccc2n1. The standard InChI is InChI=1S/C34H34F3N3O2/c1-20(2)41-29-16-21(3)38-28-11-10-24(17-26(28)29)40-14-12-33(13-15-40)18-23(19-33)30-31(39-42-32(30)22-8-9-22)25-6-4-5-7-27(25)34(35,36)37/h4-7,10-11,16-18,20,22H,8-9,12-15,19H2,1-3H3. The fourth-order valence-electron chi connectivity index (χ4n) is 6.63. The van der Waals surface area contributed by atoms with E-state index in [1.165, 1.54) is 12.1 Å². The number of ether oxygens (including phenoxy) is 1. The highest BCUT2D eigenvalue weighted by molar-refractivity contribution is 5.89. The zero-order chi connectivity index (χ0) is 29.2. The highest BCUT2D eigenvalue weighted by atomic mass is 19.4. The number of pyridine rings is 1. The second-order valence-corrected chi connectivity index (χ2v) is 12.4. The zero-order valence-electron chi connectivity index (χ0n) is 24.1. The maximum absolute atomic E-state index is 13.9. The van der Waals surface area contributed by atoms with Gasteiger partial charge >= 0.3 is 6.18 Å². The highest BCUT2D eigenvalue weighted by Gasteiger charge is 2.45. The van der Waals surface area contributed by atoms with Crippen LogP contribution in [0.4, 0.5) is 18.9 Å². The molecule has 7 rings (SSSR count). The summed E-state index contributed by atoms with van der Waals surface area (Å²) < 4.78 is 53.5. The molecule has 1 saturated heterocycles. The number of aryl methyl sites for hydroxylation is 1.